The van der Waals surface area contributed by atoms with E-state index in [1.54, 1.807) is 20.8 Å². The fourth-order valence-corrected chi connectivity index (χ4v) is 3.27. The second kappa shape index (κ2) is 10.7. The van der Waals surface area contributed by atoms with E-state index in [0.29, 0.717) is 18.9 Å². The maximum atomic E-state index is 13.5. The fourth-order valence-electron chi connectivity index (χ4n) is 2.48. The van der Waals surface area contributed by atoms with Crippen LogP contribution in [0.15, 0.2) is 23.2 Å². The van der Waals surface area contributed by atoms with Crippen molar-refractivity contribution in [2.45, 2.75) is 59.0 Å². The summed E-state index contributed by atoms with van der Waals surface area (Å²) in [5.41, 5.74) is -0.769. The van der Waals surface area contributed by atoms with Crippen LogP contribution in [0.25, 0.3) is 0 Å². The molecule has 29 heavy (non-hydrogen) atoms. The molecular formula is C19H30F3N3O3S. The first-order valence-corrected chi connectivity index (χ1v) is 11.5. The summed E-state index contributed by atoms with van der Waals surface area (Å²) in [5, 5.41) is 5.99. The highest BCUT2D eigenvalue weighted by molar-refractivity contribution is 7.90. The third-order valence-electron chi connectivity index (χ3n) is 3.82. The smallest absolute Gasteiger partial charge is 0.416 e. The number of guanidine groups is 1. The standard InChI is InChI=1S/C19H30F3N3O3S/c1-6-23-18(25-14(4)9-10-29(5,26)27)24-12-15-7-8-16(28-13(2)3)11-17(15)19(20,21)22/h7-8,11,13-14H,6,9-10,12H2,1-5H3,(H2,23,24,25). The number of alkyl halides is 3. The Morgan fingerprint density at radius 2 is 1.90 bits per heavy atom. The molecule has 1 rings (SSSR count). The molecule has 2 N–H and O–H groups in total. The molecule has 0 amide bonds. The zero-order valence-corrected chi connectivity index (χ0v) is 18.2. The van der Waals surface area contributed by atoms with Gasteiger partial charge < -0.3 is 15.4 Å². The van der Waals surface area contributed by atoms with Crippen molar-refractivity contribution in [3.8, 4) is 5.75 Å². The van der Waals surface area contributed by atoms with Crippen LogP contribution in [-0.2, 0) is 22.6 Å². The molecule has 0 aliphatic carbocycles. The molecule has 0 bridgehead atoms. The van der Waals surface area contributed by atoms with E-state index in [-0.39, 0.29) is 35.8 Å². The van der Waals surface area contributed by atoms with Crippen LogP contribution in [0.5, 0.6) is 5.75 Å². The Morgan fingerprint density at radius 1 is 1.24 bits per heavy atom. The monoisotopic (exact) mass is 437 g/mol. The van der Waals surface area contributed by atoms with Gasteiger partial charge in [0.15, 0.2) is 5.96 Å². The predicted molar refractivity (Wildman–Crippen MR) is 109 cm³/mol. The Balaban J connectivity index is 3.00. The number of nitrogens with one attached hydrogen (secondary N) is 2. The Labute approximate surface area is 170 Å². The van der Waals surface area contributed by atoms with Crippen molar-refractivity contribution in [3.63, 3.8) is 0 Å². The quantitative estimate of drug-likeness (QED) is 0.457. The van der Waals surface area contributed by atoms with Gasteiger partial charge in [-0.25, -0.2) is 13.4 Å². The minimum atomic E-state index is -4.53. The Kier molecular flexibility index (Phi) is 9.25. The maximum Gasteiger partial charge on any atom is 0.416 e. The van der Waals surface area contributed by atoms with E-state index in [0.717, 1.165) is 12.3 Å². The maximum absolute atomic E-state index is 13.5. The van der Waals surface area contributed by atoms with Crippen molar-refractivity contribution in [1.29, 1.82) is 0 Å². The number of ether oxygens (including phenoxy) is 1. The molecular weight excluding hydrogens is 407 g/mol. The van der Waals surface area contributed by atoms with Crippen molar-refractivity contribution in [3.05, 3.63) is 29.3 Å². The SMILES string of the molecule is CCNC(=NCc1ccc(OC(C)C)cc1C(F)(F)F)NC(C)CCS(C)(=O)=O. The number of rotatable bonds is 9. The van der Waals surface area contributed by atoms with Crippen molar-refractivity contribution in [2.24, 2.45) is 4.99 Å². The van der Waals surface area contributed by atoms with Crippen LogP contribution in [0, 0.1) is 0 Å². The van der Waals surface area contributed by atoms with E-state index in [4.69, 9.17) is 4.74 Å². The molecule has 0 aliphatic rings. The average Bonchev–Trinajstić information content (AvgIpc) is 2.57. The molecule has 0 spiro atoms. The summed E-state index contributed by atoms with van der Waals surface area (Å²) in [6.07, 6.45) is -3.25. The predicted octanol–water partition coefficient (Wildman–Crippen LogP) is 3.37. The van der Waals surface area contributed by atoms with Gasteiger partial charge in [-0.05, 0) is 51.8 Å². The van der Waals surface area contributed by atoms with Crippen LogP contribution in [0.3, 0.4) is 0 Å². The van der Waals surface area contributed by atoms with Gasteiger partial charge in [0, 0.05) is 18.8 Å². The number of hydrogen-bond acceptors (Lipinski definition) is 4. The first kappa shape index (κ1) is 25.1. The molecule has 166 valence electrons. The second-order valence-corrected chi connectivity index (χ2v) is 9.40. The van der Waals surface area contributed by atoms with E-state index >= 15 is 0 Å². The molecule has 0 heterocycles. The number of aliphatic imine (C=N–C) groups is 1. The van der Waals surface area contributed by atoms with Crippen molar-refractivity contribution >= 4 is 15.8 Å². The van der Waals surface area contributed by atoms with E-state index in [2.05, 4.69) is 15.6 Å². The molecule has 0 fully saturated rings. The first-order valence-electron chi connectivity index (χ1n) is 9.41. The second-order valence-electron chi connectivity index (χ2n) is 7.14. The topological polar surface area (TPSA) is 79.8 Å². The fraction of sp³-hybridized carbons (Fsp3) is 0.632. The Hall–Kier alpha value is -1.97. The summed E-state index contributed by atoms with van der Waals surface area (Å²) in [6.45, 7) is 7.42. The summed E-state index contributed by atoms with van der Waals surface area (Å²) in [4.78, 5) is 4.24. The van der Waals surface area contributed by atoms with Crippen molar-refractivity contribution in [2.75, 3.05) is 18.6 Å². The van der Waals surface area contributed by atoms with Gasteiger partial charge in [0.05, 0.1) is 24.0 Å². The lowest BCUT2D eigenvalue weighted by molar-refractivity contribution is -0.138. The lowest BCUT2D eigenvalue weighted by Gasteiger charge is -2.18. The number of benzene rings is 1. The highest BCUT2D eigenvalue weighted by Crippen LogP contribution is 2.35. The minimum absolute atomic E-state index is 0.0100. The van der Waals surface area contributed by atoms with Gasteiger partial charge in [-0.15, -0.1) is 0 Å². The lowest BCUT2D eigenvalue weighted by atomic mass is 10.1. The molecule has 1 aromatic rings. The van der Waals surface area contributed by atoms with Crippen LogP contribution < -0.4 is 15.4 Å². The van der Waals surface area contributed by atoms with Gasteiger partial charge in [0.25, 0.3) is 0 Å². The molecule has 0 saturated heterocycles. The minimum Gasteiger partial charge on any atom is -0.491 e. The van der Waals surface area contributed by atoms with Gasteiger partial charge >= 0.3 is 6.18 Å². The Morgan fingerprint density at radius 3 is 2.41 bits per heavy atom. The number of sulfone groups is 1. The molecule has 1 unspecified atom stereocenters. The van der Waals surface area contributed by atoms with Gasteiger partial charge in [-0.2, -0.15) is 13.2 Å². The van der Waals surface area contributed by atoms with Gasteiger partial charge in [-0.3, -0.25) is 0 Å². The molecule has 0 saturated carbocycles. The molecule has 6 nitrogen and oxygen atoms in total. The zero-order chi connectivity index (χ0) is 22.2. The average molecular weight is 438 g/mol. The number of nitrogens with zero attached hydrogens (tertiary/aromatic N) is 1. The van der Waals surface area contributed by atoms with Crippen LogP contribution in [0.1, 0.15) is 45.2 Å². The van der Waals surface area contributed by atoms with Gasteiger partial charge in [-0.1, -0.05) is 6.07 Å². The molecule has 1 aromatic carbocycles. The zero-order valence-electron chi connectivity index (χ0n) is 17.4. The number of hydrogen-bond donors (Lipinski definition) is 2. The number of halogens is 3. The van der Waals surface area contributed by atoms with E-state index < -0.39 is 21.6 Å². The molecule has 10 heteroatoms. The van der Waals surface area contributed by atoms with Gasteiger partial charge in [0.1, 0.15) is 15.6 Å². The highest BCUT2D eigenvalue weighted by Gasteiger charge is 2.33. The van der Waals surface area contributed by atoms with Crippen LogP contribution >= 0.6 is 0 Å². The molecule has 1 atom stereocenters. The first-order chi connectivity index (χ1) is 13.3. The Bertz CT molecular complexity index is 794. The normalized spacial score (nSPS) is 14.0. The van der Waals surface area contributed by atoms with Crippen molar-refractivity contribution < 1.29 is 26.3 Å². The van der Waals surface area contributed by atoms with E-state index in [1.165, 1.54) is 12.1 Å². The van der Waals surface area contributed by atoms with Crippen molar-refractivity contribution in [1.82, 2.24) is 10.6 Å². The van der Waals surface area contributed by atoms with Crippen LogP contribution in [-0.4, -0.2) is 45.1 Å². The third kappa shape index (κ3) is 9.87. The molecule has 0 radical (unpaired) electrons. The van der Waals surface area contributed by atoms with Crippen LogP contribution in [0.2, 0.25) is 0 Å². The highest BCUT2D eigenvalue weighted by atomic mass is 32.2. The molecule has 0 aliphatic heterocycles. The summed E-state index contributed by atoms with van der Waals surface area (Å²) >= 11 is 0. The summed E-state index contributed by atoms with van der Waals surface area (Å²) in [6, 6.07) is 3.63. The lowest BCUT2D eigenvalue weighted by Crippen LogP contribution is -2.42. The van der Waals surface area contributed by atoms with E-state index in [9.17, 15) is 21.6 Å². The third-order valence-corrected chi connectivity index (χ3v) is 4.79. The van der Waals surface area contributed by atoms with E-state index in [1.807, 2.05) is 6.92 Å². The summed E-state index contributed by atoms with van der Waals surface area (Å²) in [7, 11) is -3.09. The van der Waals surface area contributed by atoms with Gasteiger partial charge in [0.2, 0.25) is 0 Å². The summed E-state index contributed by atoms with van der Waals surface area (Å²) in [5.74, 6) is 0.486. The largest absolute Gasteiger partial charge is 0.491 e. The summed E-state index contributed by atoms with van der Waals surface area (Å²) < 4.78 is 68.4. The molecule has 0 aromatic heterocycles. The van der Waals surface area contributed by atoms with Crippen LogP contribution in [0.4, 0.5) is 13.2 Å².